The number of hydrogen-bond acceptors (Lipinski definition) is 5. The molecule has 0 saturated carbocycles. The first kappa shape index (κ1) is 24.2. The molecule has 0 unspecified atom stereocenters. The van der Waals surface area contributed by atoms with Crippen molar-refractivity contribution in [3.63, 3.8) is 0 Å². The minimum atomic E-state index is -0.331. The first-order valence-corrected chi connectivity index (χ1v) is 10.6. The Labute approximate surface area is 185 Å². The van der Waals surface area contributed by atoms with Gasteiger partial charge in [-0.25, -0.2) is 0 Å². The highest BCUT2D eigenvalue weighted by atomic mass is 16.7. The van der Waals surface area contributed by atoms with E-state index < -0.39 is 0 Å². The maximum Gasteiger partial charge on any atom is 0.308 e. The number of hydrogen-bond donors (Lipinski definition) is 0. The highest BCUT2D eigenvalue weighted by Gasteiger charge is 2.20. The van der Waals surface area contributed by atoms with Gasteiger partial charge in [0.05, 0.1) is 5.69 Å². The second-order valence-electron chi connectivity index (χ2n) is 9.01. The zero-order chi connectivity index (χ0) is 23.2. The molecule has 6 nitrogen and oxygen atoms in total. The van der Waals surface area contributed by atoms with Crippen molar-refractivity contribution in [1.29, 1.82) is 5.26 Å². The van der Waals surface area contributed by atoms with Gasteiger partial charge in [0.1, 0.15) is 17.3 Å². The number of aryl methyl sites for hydroxylation is 2. The maximum absolute atomic E-state index is 11.9. The SMILES string of the molecule is CCn1nc(C)cc1/C(OCOC(=O)CC(C)C)=C(\C#N)c1ccc(C(C)(C)C)cc1. The Morgan fingerprint density at radius 3 is 2.35 bits per heavy atom. The van der Waals surface area contributed by atoms with Gasteiger partial charge in [-0.3, -0.25) is 9.48 Å². The van der Waals surface area contributed by atoms with Gasteiger partial charge in [-0.1, -0.05) is 58.9 Å². The third-order valence-electron chi connectivity index (χ3n) is 4.81. The van der Waals surface area contributed by atoms with Gasteiger partial charge in [-0.15, -0.1) is 0 Å². The van der Waals surface area contributed by atoms with E-state index in [9.17, 15) is 10.1 Å². The van der Waals surface area contributed by atoms with Crippen LogP contribution in [0.5, 0.6) is 0 Å². The fourth-order valence-electron chi connectivity index (χ4n) is 3.17. The van der Waals surface area contributed by atoms with Crippen LogP contribution in [-0.2, 0) is 26.2 Å². The molecule has 0 amide bonds. The molecular weight excluding hydrogens is 390 g/mol. The molecule has 6 heteroatoms. The maximum atomic E-state index is 11.9. The molecule has 0 aliphatic rings. The number of nitriles is 1. The zero-order valence-electron chi connectivity index (χ0n) is 19.7. The van der Waals surface area contributed by atoms with Gasteiger partial charge in [0.25, 0.3) is 0 Å². The number of nitrogens with zero attached hydrogens (tertiary/aromatic N) is 3. The van der Waals surface area contributed by atoms with E-state index >= 15 is 0 Å². The second kappa shape index (κ2) is 10.3. The molecule has 1 heterocycles. The Hall–Kier alpha value is -3.07. The summed E-state index contributed by atoms with van der Waals surface area (Å²) in [6.07, 6.45) is 0.313. The topological polar surface area (TPSA) is 77.1 Å². The number of esters is 1. The van der Waals surface area contributed by atoms with E-state index in [0.29, 0.717) is 30.0 Å². The summed E-state index contributed by atoms with van der Waals surface area (Å²) in [5.41, 5.74) is 3.78. The summed E-state index contributed by atoms with van der Waals surface area (Å²) in [5.74, 6) is 0.219. The Balaban J connectivity index is 2.46. The van der Waals surface area contributed by atoms with Crippen LogP contribution in [0.1, 0.15) is 70.5 Å². The fraction of sp³-hybridized carbons (Fsp3) is 0.480. The summed E-state index contributed by atoms with van der Waals surface area (Å²) in [6, 6.07) is 12.0. The van der Waals surface area contributed by atoms with Crippen molar-refractivity contribution in [2.45, 2.75) is 66.8 Å². The predicted molar refractivity (Wildman–Crippen MR) is 122 cm³/mol. The van der Waals surface area contributed by atoms with Crippen LogP contribution in [0.4, 0.5) is 0 Å². The van der Waals surface area contributed by atoms with Crippen LogP contribution in [0.3, 0.4) is 0 Å². The Morgan fingerprint density at radius 2 is 1.84 bits per heavy atom. The van der Waals surface area contributed by atoms with Crippen molar-refractivity contribution in [3.05, 3.63) is 52.8 Å². The summed E-state index contributed by atoms with van der Waals surface area (Å²) in [4.78, 5) is 11.9. The minimum absolute atomic E-state index is 0.0109. The summed E-state index contributed by atoms with van der Waals surface area (Å²) in [6.45, 7) is 14.5. The van der Waals surface area contributed by atoms with Crippen LogP contribution in [0, 0.1) is 24.2 Å². The molecule has 0 radical (unpaired) electrons. The predicted octanol–water partition coefficient (Wildman–Crippen LogP) is 5.46. The molecule has 2 rings (SSSR count). The van der Waals surface area contributed by atoms with Crippen LogP contribution in [-0.4, -0.2) is 22.5 Å². The van der Waals surface area contributed by atoms with Crippen molar-refractivity contribution in [2.24, 2.45) is 5.92 Å². The van der Waals surface area contributed by atoms with Gasteiger partial charge in [-0.2, -0.15) is 10.4 Å². The molecule has 0 bridgehead atoms. The molecule has 0 atom stereocenters. The van der Waals surface area contributed by atoms with E-state index in [-0.39, 0.29) is 24.1 Å². The molecule has 1 aromatic carbocycles. The summed E-state index contributed by atoms with van der Waals surface area (Å²) in [7, 11) is 0. The molecule has 0 aliphatic carbocycles. The Kier molecular flexibility index (Phi) is 8.04. The van der Waals surface area contributed by atoms with Crippen LogP contribution in [0.15, 0.2) is 30.3 Å². The summed E-state index contributed by atoms with van der Waals surface area (Å²) < 4.78 is 12.9. The Morgan fingerprint density at radius 1 is 1.19 bits per heavy atom. The lowest BCUT2D eigenvalue weighted by Crippen LogP contribution is -2.13. The summed E-state index contributed by atoms with van der Waals surface area (Å²) in [5, 5.41) is 14.5. The molecule has 0 N–H and O–H groups in total. The van der Waals surface area contributed by atoms with Crippen molar-refractivity contribution in [2.75, 3.05) is 6.79 Å². The molecule has 0 spiro atoms. The first-order valence-electron chi connectivity index (χ1n) is 10.6. The van der Waals surface area contributed by atoms with Crippen LogP contribution in [0.25, 0.3) is 11.3 Å². The highest BCUT2D eigenvalue weighted by Crippen LogP contribution is 2.30. The monoisotopic (exact) mass is 423 g/mol. The largest absolute Gasteiger partial charge is 0.454 e. The number of carbonyl (C=O) groups excluding carboxylic acids is 1. The van der Waals surface area contributed by atoms with Gasteiger partial charge < -0.3 is 9.47 Å². The fourth-order valence-corrected chi connectivity index (χ4v) is 3.17. The van der Waals surface area contributed by atoms with E-state index in [1.165, 1.54) is 5.56 Å². The Bertz CT molecular complexity index is 971. The molecule has 2 aromatic rings. The van der Waals surface area contributed by atoms with Gasteiger partial charge in [0, 0.05) is 13.0 Å². The average Bonchev–Trinajstić information content (AvgIpc) is 3.07. The minimum Gasteiger partial charge on any atom is -0.454 e. The molecule has 0 fully saturated rings. The van der Waals surface area contributed by atoms with Crippen LogP contribution >= 0.6 is 0 Å². The molecule has 31 heavy (non-hydrogen) atoms. The van der Waals surface area contributed by atoms with Crippen molar-refractivity contribution < 1.29 is 14.3 Å². The molecule has 1 aromatic heterocycles. The second-order valence-corrected chi connectivity index (χ2v) is 9.01. The van der Waals surface area contributed by atoms with Crippen LogP contribution in [0.2, 0.25) is 0 Å². The third-order valence-corrected chi connectivity index (χ3v) is 4.81. The number of aromatic nitrogens is 2. The van der Waals surface area contributed by atoms with Gasteiger partial charge in [-0.05, 0) is 42.4 Å². The first-order chi connectivity index (χ1) is 14.6. The van der Waals surface area contributed by atoms with Crippen molar-refractivity contribution >= 4 is 17.3 Å². The molecular formula is C25H33N3O3. The van der Waals surface area contributed by atoms with Gasteiger partial charge in [0.2, 0.25) is 6.79 Å². The van der Waals surface area contributed by atoms with Gasteiger partial charge in [0.15, 0.2) is 5.76 Å². The average molecular weight is 424 g/mol. The zero-order valence-corrected chi connectivity index (χ0v) is 19.7. The number of benzene rings is 1. The number of carbonyl (C=O) groups is 1. The lowest BCUT2D eigenvalue weighted by molar-refractivity contribution is -0.152. The van der Waals surface area contributed by atoms with Gasteiger partial charge >= 0.3 is 5.97 Å². The third kappa shape index (κ3) is 6.45. The molecule has 166 valence electrons. The number of rotatable bonds is 8. The van der Waals surface area contributed by atoms with Crippen molar-refractivity contribution in [3.8, 4) is 6.07 Å². The lowest BCUT2D eigenvalue weighted by Gasteiger charge is -2.19. The van der Waals surface area contributed by atoms with E-state index in [1.807, 2.05) is 58.0 Å². The molecule has 0 saturated heterocycles. The number of ether oxygens (including phenoxy) is 2. The van der Waals surface area contributed by atoms with E-state index in [1.54, 1.807) is 4.68 Å². The van der Waals surface area contributed by atoms with Crippen LogP contribution < -0.4 is 0 Å². The highest BCUT2D eigenvalue weighted by molar-refractivity contribution is 5.94. The normalized spacial score (nSPS) is 12.4. The molecule has 0 aliphatic heterocycles. The van der Waals surface area contributed by atoms with E-state index in [2.05, 4.69) is 31.9 Å². The standard InChI is InChI=1S/C25H33N3O3/c1-8-28-22(14-18(4)27-28)24(31-16-30-23(29)13-17(2)3)21(15-26)19-9-11-20(12-10-19)25(5,6)7/h9-12,14,17H,8,13,16H2,1-7H3/b24-21-. The lowest BCUT2D eigenvalue weighted by atomic mass is 9.86. The van der Waals surface area contributed by atoms with Crippen molar-refractivity contribution in [1.82, 2.24) is 9.78 Å². The summed E-state index contributed by atoms with van der Waals surface area (Å²) >= 11 is 0. The van der Waals surface area contributed by atoms with E-state index in [4.69, 9.17) is 9.47 Å². The smallest absolute Gasteiger partial charge is 0.308 e. The van der Waals surface area contributed by atoms with E-state index in [0.717, 1.165) is 11.3 Å². The number of allylic oxidation sites excluding steroid dienone is 1. The quantitative estimate of drug-likeness (QED) is 0.244.